The molecule has 110 valence electrons. The molecule has 0 aliphatic carbocycles. The van der Waals surface area contributed by atoms with Crippen LogP contribution in [0.25, 0.3) is 6.08 Å². The van der Waals surface area contributed by atoms with E-state index < -0.39 is 9.84 Å². The van der Waals surface area contributed by atoms with Crippen molar-refractivity contribution in [1.82, 2.24) is 0 Å². The first kappa shape index (κ1) is 16.4. The molecule has 0 spiro atoms. The maximum Gasteiger partial charge on any atom is 0.175 e. The molecule has 0 unspecified atom stereocenters. The third-order valence-corrected chi connectivity index (χ3v) is 4.80. The molecule has 21 heavy (non-hydrogen) atoms. The average molecular weight is 362 g/mol. The first-order chi connectivity index (χ1) is 9.85. The largest absolute Gasteiger partial charge is 0.224 e. The maximum atomic E-state index is 12.0. The molecule has 0 aliphatic rings. The zero-order chi connectivity index (χ0) is 15.5. The van der Waals surface area contributed by atoms with E-state index in [1.54, 1.807) is 42.5 Å². The number of sulfone groups is 1. The van der Waals surface area contributed by atoms with E-state index in [-0.39, 0.29) is 5.75 Å². The maximum absolute atomic E-state index is 12.0. The molecule has 0 saturated heterocycles. The summed E-state index contributed by atoms with van der Waals surface area (Å²) in [5.41, 5.74) is 1.27. The molecule has 0 N–H and O–H groups in total. The van der Waals surface area contributed by atoms with Crippen molar-refractivity contribution in [2.24, 2.45) is 0 Å². The predicted octanol–water partition coefficient (Wildman–Crippen LogP) is 5.23. The Kier molecular flexibility index (Phi) is 5.33. The van der Waals surface area contributed by atoms with Crippen molar-refractivity contribution in [2.75, 3.05) is 0 Å². The Morgan fingerprint density at radius 3 is 2.14 bits per heavy atom. The van der Waals surface area contributed by atoms with E-state index in [0.29, 0.717) is 26.2 Å². The molecular formula is C15H11Cl3O2S. The summed E-state index contributed by atoms with van der Waals surface area (Å²) in [5, 5.41) is 2.62. The number of halogens is 3. The Morgan fingerprint density at radius 2 is 1.52 bits per heavy atom. The van der Waals surface area contributed by atoms with Crippen molar-refractivity contribution < 1.29 is 8.42 Å². The second kappa shape index (κ2) is 6.84. The molecule has 0 bridgehead atoms. The van der Waals surface area contributed by atoms with E-state index in [1.807, 2.05) is 0 Å². The van der Waals surface area contributed by atoms with Crippen LogP contribution in [0.5, 0.6) is 0 Å². The molecule has 0 radical (unpaired) electrons. The lowest BCUT2D eigenvalue weighted by atomic mass is 10.2. The number of benzene rings is 2. The highest BCUT2D eigenvalue weighted by Gasteiger charge is 2.08. The van der Waals surface area contributed by atoms with E-state index in [1.165, 1.54) is 6.08 Å². The van der Waals surface area contributed by atoms with Gasteiger partial charge in [0.25, 0.3) is 0 Å². The second-order valence-electron chi connectivity index (χ2n) is 4.40. The Labute approximate surface area is 138 Å². The fraction of sp³-hybridized carbons (Fsp3) is 0.0667. The lowest BCUT2D eigenvalue weighted by Crippen LogP contribution is -1.99. The number of hydrogen-bond donors (Lipinski definition) is 0. The third kappa shape index (κ3) is 5.04. The minimum atomic E-state index is -3.39. The van der Waals surface area contributed by atoms with Gasteiger partial charge in [-0.25, -0.2) is 8.42 Å². The molecule has 0 heterocycles. The highest BCUT2D eigenvalue weighted by atomic mass is 35.5. The molecule has 0 aromatic heterocycles. The van der Waals surface area contributed by atoms with Gasteiger partial charge in [0.15, 0.2) is 9.84 Å². The summed E-state index contributed by atoms with van der Waals surface area (Å²) in [7, 11) is -3.39. The highest BCUT2D eigenvalue weighted by molar-refractivity contribution is 7.93. The van der Waals surface area contributed by atoms with Gasteiger partial charge < -0.3 is 0 Å². The van der Waals surface area contributed by atoms with Crippen LogP contribution in [0.15, 0.2) is 47.9 Å². The number of rotatable bonds is 4. The molecule has 2 aromatic rings. The topological polar surface area (TPSA) is 34.1 Å². The van der Waals surface area contributed by atoms with Crippen molar-refractivity contribution >= 4 is 50.7 Å². The van der Waals surface area contributed by atoms with E-state index >= 15 is 0 Å². The zero-order valence-electron chi connectivity index (χ0n) is 10.8. The molecule has 0 fully saturated rings. The van der Waals surface area contributed by atoms with Gasteiger partial charge in [0.05, 0.1) is 5.75 Å². The van der Waals surface area contributed by atoms with E-state index in [4.69, 9.17) is 34.8 Å². The molecule has 0 amide bonds. The fourth-order valence-corrected chi connectivity index (χ4v) is 3.38. The van der Waals surface area contributed by atoms with Gasteiger partial charge in [-0.1, -0.05) is 53.0 Å². The van der Waals surface area contributed by atoms with Gasteiger partial charge in [-0.3, -0.25) is 0 Å². The van der Waals surface area contributed by atoms with Crippen LogP contribution in [-0.2, 0) is 15.6 Å². The van der Waals surface area contributed by atoms with Crippen LogP contribution in [0.3, 0.4) is 0 Å². The van der Waals surface area contributed by atoms with Crippen LogP contribution in [0.4, 0.5) is 0 Å². The van der Waals surface area contributed by atoms with Crippen LogP contribution < -0.4 is 0 Å². The van der Waals surface area contributed by atoms with Crippen molar-refractivity contribution in [3.63, 3.8) is 0 Å². The minimum absolute atomic E-state index is 0.0914. The van der Waals surface area contributed by atoms with Crippen LogP contribution in [0.2, 0.25) is 15.1 Å². The average Bonchev–Trinajstić information content (AvgIpc) is 2.40. The van der Waals surface area contributed by atoms with Gasteiger partial charge in [-0.15, -0.1) is 0 Å². The molecule has 0 aliphatic heterocycles. The standard InChI is InChI=1S/C15H11Cl3O2S/c16-13-4-1-11(2-5-13)10-21(19,20)8-7-12-3-6-14(17)9-15(12)18/h1-9H,10H2/b8-7+. The van der Waals surface area contributed by atoms with Crippen molar-refractivity contribution in [2.45, 2.75) is 5.75 Å². The summed E-state index contributed by atoms with van der Waals surface area (Å²) >= 11 is 17.5. The summed E-state index contributed by atoms with van der Waals surface area (Å²) in [5.74, 6) is -0.0914. The fourth-order valence-electron chi connectivity index (χ4n) is 1.67. The lowest BCUT2D eigenvalue weighted by Gasteiger charge is -2.01. The van der Waals surface area contributed by atoms with Crippen LogP contribution in [0, 0.1) is 0 Å². The van der Waals surface area contributed by atoms with Crippen molar-refractivity contribution in [1.29, 1.82) is 0 Å². The normalized spacial score (nSPS) is 12.0. The SMILES string of the molecule is O=S(=O)(/C=C/c1ccc(Cl)cc1Cl)Cc1ccc(Cl)cc1. The smallest absolute Gasteiger partial charge is 0.175 e. The van der Waals surface area contributed by atoms with Gasteiger partial charge in [0.1, 0.15) is 0 Å². The van der Waals surface area contributed by atoms with Crippen LogP contribution in [-0.4, -0.2) is 8.42 Å². The quantitative estimate of drug-likeness (QED) is 0.747. The van der Waals surface area contributed by atoms with Crippen molar-refractivity contribution in [3.8, 4) is 0 Å². The third-order valence-electron chi connectivity index (χ3n) is 2.70. The summed E-state index contributed by atoms with van der Waals surface area (Å²) < 4.78 is 24.1. The van der Waals surface area contributed by atoms with E-state index in [0.717, 1.165) is 5.41 Å². The van der Waals surface area contributed by atoms with Gasteiger partial charge in [0.2, 0.25) is 0 Å². The Morgan fingerprint density at radius 1 is 0.905 bits per heavy atom. The highest BCUT2D eigenvalue weighted by Crippen LogP contribution is 2.22. The first-order valence-electron chi connectivity index (χ1n) is 5.96. The van der Waals surface area contributed by atoms with Gasteiger partial charge >= 0.3 is 0 Å². The van der Waals surface area contributed by atoms with E-state index in [9.17, 15) is 8.42 Å². The van der Waals surface area contributed by atoms with Gasteiger partial charge in [0, 0.05) is 20.5 Å². The van der Waals surface area contributed by atoms with Gasteiger partial charge in [-0.05, 0) is 41.5 Å². The van der Waals surface area contributed by atoms with Crippen LogP contribution >= 0.6 is 34.8 Å². The minimum Gasteiger partial charge on any atom is -0.224 e. The lowest BCUT2D eigenvalue weighted by molar-refractivity contribution is 0.604. The number of hydrogen-bond acceptors (Lipinski definition) is 2. The molecule has 2 rings (SSSR count). The van der Waals surface area contributed by atoms with Gasteiger partial charge in [-0.2, -0.15) is 0 Å². The zero-order valence-corrected chi connectivity index (χ0v) is 13.8. The van der Waals surface area contributed by atoms with Crippen molar-refractivity contribution in [3.05, 3.63) is 74.1 Å². The molecular weight excluding hydrogens is 351 g/mol. The summed E-state index contributed by atoms with van der Waals surface area (Å²) in [4.78, 5) is 0. The Hall–Kier alpha value is -1.00. The van der Waals surface area contributed by atoms with Crippen LogP contribution in [0.1, 0.15) is 11.1 Å². The molecule has 2 nitrogen and oxygen atoms in total. The Balaban J connectivity index is 2.16. The molecule has 2 aromatic carbocycles. The monoisotopic (exact) mass is 360 g/mol. The summed E-state index contributed by atoms with van der Waals surface area (Å²) in [6.07, 6.45) is 1.46. The van der Waals surface area contributed by atoms with E-state index in [2.05, 4.69) is 0 Å². The second-order valence-corrected chi connectivity index (χ2v) is 7.57. The predicted molar refractivity (Wildman–Crippen MR) is 89.6 cm³/mol. The Bertz CT molecular complexity index is 766. The molecule has 0 saturated carbocycles. The molecule has 6 heteroatoms. The molecule has 0 atom stereocenters. The summed E-state index contributed by atoms with van der Waals surface area (Å²) in [6.45, 7) is 0. The summed E-state index contributed by atoms with van der Waals surface area (Å²) in [6, 6.07) is 11.6. The first-order valence-corrected chi connectivity index (χ1v) is 8.81.